The highest BCUT2D eigenvalue weighted by molar-refractivity contribution is 7.21. The minimum atomic E-state index is -0.539. The summed E-state index contributed by atoms with van der Waals surface area (Å²) in [4.78, 5) is 26.2. The molecule has 0 bridgehead atoms. The first-order valence-electron chi connectivity index (χ1n) is 12.2. The normalized spacial score (nSPS) is 11.0. The number of pyridine rings is 1. The zero-order chi connectivity index (χ0) is 27.5. The van der Waals surface area contributed by atoms with Gasteiger partial charge in [-0.05, 0) is 43.7 Å². The minimum Gasteiger partial charge on any atom is -0.496 e. The number of nitrogens with one attached hydrogen (secondary N) is 1. The number of hydrogen-bond acceptors (Lipinski definition) is 9. The summed E-state index contributed by atoms with van der Waals surface area (Å²) in [5, 5.41) is 3.29. The van der Waals surface area contributed by atoms with E-state index >= 15 is 0 Å². The van der Waals surface area contributed by atoms with Gasteiger partial charge in [-0.1, -0.05) is 24.3 Å². The van der Waals surface area contributed by atoms with Crippen molar-refractivity contribution >= 4 is 39.1 Å². The van der Waals surface area contributed by atoms with E-state index < -0.39 is 5.91 Å². The number of rotatable bonds is 9. The number of methoxy groups -OCH3 is 2. The van der Waals surface area contributed by atoms with Crippen molar-refractivity contribution < 1.29 is 19.0 Å². The van der Waals surface area contributed by atoms with Crippen LogP contribution >= 0.6 is 11.3 Å². The number of ether oxygens (including phenoxy) is 3. The van der Waals surface area contributed by atoms with Gasteiger partial charge in [0.2, 0.25) is 5.95 Å². The third-order valence-electron chi connectivity index (χ3n) is 5.94. The predicted molar refractivity (Wildman–Crippen MR) is 153 cm³/mol. The molecule has 0 aliphatic rings. The molecule has 0 saturated carbocycles. The largest absolute Gasteiger partial charge is 0.496 e. The molecule has 0 aliphatic carbocycles. The number of carbonyl (C=O) groups excluding carboxylic acids is 1. The molecule has 2 aromatic carbocycles. The second-order valence-corrected chi connectivity index (χ2v) is 9.91. The summed E-state index contributed by atoms with van der Waals surface area (Å²) in [6, 6.07) is 15.2. The quantitative estimate of drug-likeness (QED) is 0.231. The molecule has 3 N–H and O–H groups in total. The van der Waals surface area contributed by atoms with Gasteiger partial charge in [0.15, 0.2) is 0 Å². The Morgan fingerprint density at radius 1 is 0.974 bits per heavy atom. The van der Waals surface area contributed by atoms with E-state index in [4.69, 9.17) is 24.9 Å². The molecule has 3 heterocycles. The van der Waals surface area contributed by atoms with Crippen LogP contribution in [0.2, 0.25) is 0 Å². The van der Waals surface area contributed by atoms with E-state index in [2.05, 4.69) is 15.3 Å². The molecule has 9 nitrogen and oxygen atoms in total. The topological polar surface area (TPSA) is 121 Å². The van der Waals surface area contributed by atoms with E-state index in [9.17, 15) is 4.79 Å². The van der Waals surface area contributed by atoms with E-state index in [-0.39, 0.29) is 6.10 Å². The summed E-state index contributed by atoms with van der Waals surface area (Å²) in [5.41, 5.74) is 10.2. The standard InChI is InChI=1S/C29H27N5O4S/c1-16(2)38-22-13-17(18-11-12-31-14-23(18)37-4)9-10-20(22)33-29-32-15-24-26(34-29)25(27(39-24)28(30)35)19-7-5-6-8-21(19)36-3/h5-16H,1-4H3,(H2,30,35)(H,32,33,34). The van der Waals surface area contributed by atoms with Crippen LogP contribution in [-0.4, -0.2) is 41.2 Å². The molecular formula is C29H27N5O4S. The van der Waals surface area contributed by atoms with Crippen molar-refractivity contribution in [2.45, 2.75) is 20.0 Å². The fourth-order valence-electron chi connectivity index (χ4n) is 4.27. The Morgan fingerprint density at radius 2 is 1.77 bits per heavy atom. The second kappa shape index (κ2) is 11.0. The maximum Gasteiger partial charge on any atom is 0.259 e. The first-order valence-corrected chi connectivity index (χ1v) is 13.0. The number of aromatic nitrogens is 3. The van der Waals surface area contributed by atoms with Crippen LogP contribution in [0.1, 0.15) is 23.5 Å². The Kier molecular flexibility index (Phi) is 7.29. The maximum absolute atomic E-state index is 12.4. The zero-order valence-electron chi connectivity index (χ0n) is 21.9. The molecule has 3 aromatic heterocycles. The number of anilines is 2. The third-order valence-corrected chi connectivity index (χ3v) is 7.07. The molecule has 10 heteroatoms. The van der Waals surface area contributed by atoms with Crippen LogP contribution in [-0.2, 0) is 0 Å². The molecule has 0 aliphatic heterocycles. The molecule has 5 aromatic rings. The van der Waals surface area contributed by atoms with Crippen molar-refractivity contribution in [1.82, 2.24) is 15.0 Å². The van der Waals surface area contributed by atoms with Crippen molar-refractivity contribution in [2.75, 3.05) is 19.5 Å². The van der Waals surface area contributed by atoms with Crippen LogP contribution in [0.4, 0.5) is 11.6 Å². The molecule has 198 valence electrons. The Bertz CT molecular complexity index is 1670. The van der Waals surface area contributed by atoms with Gasteiger partial charge >= 0.3 is 0 Å². The first-order chi connectivity index (χ1) is 18.9. The maximum atomic E-state index is 12.4. The molecule has 1 amide bonds. The number of carbonyl (C=O) groups is 1. The Balaban J connectivity index is 1.59. The first kappa shape index (κ1) is 25.9. The molecule has 0 spiro atoms. The molecule has 0 atom stereocenters. The number of nitrogens with zero attached hydrogens (tertiary/aromatic N) is 3. The van der Waals surface area contributed by atoms with Crippen molar-refractivity contribution in [3.05, 3.63) is 72.0 Å². The molecule has 0 saturated heterocycles. The van der Waals surface area contributed by atoms with Gasteiger partial charge in [-0.25, -0.2) is 9.97 Å². The van der Waals surface area contributed by atoms with Crippen molar-refractivity contribution in [2.24, 2.45) is 5.73 Å². The number of fused-ring (bicyclic) bond motifs is 1. The average Bonchev–Trinajstić information content (AvgIpc) is 3.32. The van der Waals surface area contributed by atoms with Gasteiger partial charge in [0, 0.05) is 22.9 Å². The molecule has 5 rings (SSSR count). The van der Waals surface area contributed by atoms with E-state index in [1.807, 2.05) is 62.4 Å². The number of benzene rings is 2. The van der Waals surface area contributed by atoms with Crippen LogP contribution in [0, 0.1) is 0 Å². The second-order valence-electron chi connectivity index (χ2n) is 8.86. The third kappa shape index (κ3) is 5.19. The van der Waals surface area contributed by atoms with E-state index in [0.29, 0.717) is 44.8 Å². The smallest absolute Gasteiger partial charge is 0.259 e. The highest BCUT2D eigenvalue weighted by atomic mass is 32.1. The number of para-hydroxylation sites is 1. The van der Waals surface area contributed by atoms with E-state index in [1.54, 1.807) is 32.8 Å². The summed E-state index contributed by atoms with van der Waals surface area (Å²) < 4.78 is 17.9. The highest BCUT2D eigenvalue weighted by Gasteiger charge is 2.23. The summed E-state index contributed by atoms with van der Waals surface area (Å²) in [6.45, 7) is 3.92. The van der Waals surface area contributed by atoms with Gasteiger partial charge in [-0.15, -0.1) is 11.3 Å². The lowest BCUT2D eigenvalue weighted by Crippen LogP contribution is -2.10. The zero-order valence-corrected chi connectivity index (χ0v) is 22.7. The predicted octanol–water partition coefficient (Wildman–Crippen LogP) is 6.07. The van der Waals surface area contributed by atoms with Gasteiger partial charge in [-0.3, -0.25) is 9.78 Å². The molecule has 0 fully saturated rings. The SMILES string of the molecule is COc1cnccc1-c1ccc(Nc2ncc3sc(C(N)=O)c(-c4ccccc4OC)c3n2)c(OC(C)C)c1. The van der Waals surface area contributed by atoms with Crippen LogP contribution in [0.3, 0.4) is 0 Å². The van der Waals surface area contributed by atoms with E-state index in [1.165, 1.54) is 11.3 Å². The van der Waals surface area contributed by atoms with Gasteiger partial charge in [-0.2, -0.15) is 0 Å². The number of hydrogen-bond donors (Lipinski definition) is 2. The lowest BCUT2D eigenvalue weighted by molar-refractivity contribution is 0.100. The van der Waals surface area contributed by atoms with Crippen molar-refractivity contribution in [3.63, 3.8) is 0 Å². The van der Waals surface area contributed by atoms with Crippen LogP contribution in [0.5, 0.6) is 17.2 Å². The number of nitrogens with two attached hydrogens (primary N) is 1. The lowest BCUT2D eigenvalue weighted by Gasteiger charge is -2.17. The van der Waals surface area contributed by atoms with E-state index in [0.717, 1.165) is 21.4 Å². The summed E-state index contributed by atoms with van der Waals surface area (Å²) >= 11 is 1.25. The fraction of sp³-hybridized carbons (Fsp3) is 0.172. The lowest BCUT2D eigenvalue weighted by atomic mass is 10.0. The number of primary amides is 1. The van der Waals surface area contributed by atoms with Crippen LogP contribution in [0.15, 0.2) is 67.1 Å². The Morgan fingerprint density at radius 3 is 2.51 bits per heavy atom. The van der Waals surface area contributed by atoms with Gasteiger partial charge < -0.3 is 25.3 Å². The Labute approximate surface area is 229 Å². The number of thiophene rings is 1. The number of amides is 1. The average molecular weight is 542 g/mol. The monoisotopic (exact) mass is 541 g/mol. The summed E-state index contributed by atoms with van der Waals surface area (Å²) in [5.74, 6) is 1.70. The molecule has 39 heavy (non-hydrogen) atoms. The van der Waals surface area contributed by atoms with Gasteiger partial charge in [0.25, 0.3) is 5.91 Å². The highest BCUT2D eigenvalue weighted by Crippen LogP contribution is 2.42. The summed E-state index contributed by atoms with van der Waals surface area (Å²) in [6.07, 6.45) is 5.00. The summed E-state index contributed by atoms with van der Waals surface area (Å²) in [7, 11) is 3.20. The fourth-order valence-corrected chi connectivity index (χ4v) is 5.25. The minimum absolute atomic E-state index is 0.0734. The molecule has 0 radical (unpaired) electrons. The van der Waals surface area contributed by atoms with Crippen LogP contribution < -0.4 is 25.3 Å². The van der Waals surface area contributed by atoms with Crippen molar-refractivity contribution in [3.8, 4) is 39.5 Å². The Hall–Kier alpha value is -4.70. The molecule has 0 unspecified atom stereocenters. The van der Waals surface area contributed by atoms with Gasteiger partial charge in [0.1, 0.15) is 22.1 Å². The molecular weight excluding hydrogens is 514 g/mol. The van der Waals surface area contributed by atoms with Crippen LogP contribution in [0.25, 0.3) is 32.5 Å². The van der Waals surface area contributed by atoms with Gasteiger partial charge in [0.05, 0.1) is 48.6 Å². The van der Waals surface area contributed by atoms with Crippen molar-refractivity contribution in [1.29, 1.82) is 0 Å².